The van der Waals surface area contributed by atoms with Crippen molar-refractivity contribution in [2.75, 3.05) is 39.4 Å². The molecule has 276 valence electrons. The third-order valence-electron chi connectivity index (χ3n) is 10.0. The van der Waals surface area contributed by atoms with Gasteiger partial charge in [-0.05, 0) is 71.5 Å². The van der Waals surface area contributed by atoms with Crippen LogP contribution in [0.15, 0.2) is 170 Å². The number of hydrogen-bond acceptors (Lipinski definition) is 6. The molecule has 0 spiro atoms. The largest absolute Gasteiger partial charge is 0.457 e. The fourth-order valence-corrected chi connectivity index (χ4v) is 7.27. The molecule has 0 amide bonds. The zero-order chi connectivity index (χ0) is 36.6. The SMILES string of the molecule is c1ccc(Oc2ccccc2C[C@@H](c2ccccc2)[C@@H]2CNCCO2)cc1.c1ccc(Oc2ccccc2C[C@H](c2ccccc2)[C@H]2CNCCO2)cc1. The summed E-state index contributed by atoms with van der Waals surface area (Å²) in [7, 11) is 0. The molecule has 2 saturated heterocycles. The van der Waals surface area contributed by atoms with Crippen molar-refractivity contribution in [1.82, 2.24) is 10.6 Å². The predicted molar refractivity (Wildman–Crippen MR) is 217 cm³/mol. The molecule has 6 aromatic rings. The van der Waals surface area contributed by atoms with Gasteiger partial charge < -0.3 is 29.6 Å². The number of para-hydroxylation sites is 4. The summed E-state index contributed by atoms with van der Waals surface area (Å²) in [5, 5.41) is 6.94. The number of ether oxygens (including phenoxy) is 4. The summed E-state index contributed by atoms with van der Waals surface area (Å²) in [6.07, 6.45) is 2.07. The van der Waals surface area contributed by atoms with Gasteiger partial charge in [-0.2, -0.15) is 0 Å². The normalized spacial score (nSPS) is 18.0. The van der Waals surface area contributed by atoms with Gasteiger partial charge in [0.15, 0.2) is 0 Å². The van der Waals surface area contributed by atoms with Gasteiger partial charge in [0.25, 0.3) is 0 Å². The van der Waals surface area contributed by atoms with Crippen molar-refractivity contribution in [2.24, 2.45) is 0 Å². The minimum Gasteiger partial charge on any atom is -0.457 e. The topological polar surface area (TPSA) is 61.0 Å². The Kier molecular flexibility index (Phi) is 13.5. The number of benzene rings is 6. The Hall–Kier alpha value is -5.24. The van der Waals surface area contributed by atoms with Gasteiger partial charge in [-0.1, -0.05) is 133 Å². The Morgan fingerprint density at radius 1 is 0.444 bits per heavy atom. The molecule has 6 aromatic carbocycles. The van der Waals surface area contributed by atoms with Crippen molar-refractivity contribution < 1.29 is 18.9 Å². The minimum atomic E-state index is 0.158. The molecule has 54 heavy (non-hydrogen) atoms. The average Bonchev–Trinajstić information content (AvgIpc) is 3.25. The molecule has 2 aliphatic rings. The zero-order valence-corrected chi connectivity index (χ0v) is 30.8. The Bertz CT molecular complexity index is 1800. The first-order chi connectivity index (χ1) is 26.8. The second kappa shape index (κ2) is 19.7. The van der Waals surface area contributed by atoms with Crippen LogP contribution in [0.3, 0.4) is 0 Å². The van der Waals surface area contributed by atoms with Crippen LogP contribution in [-0.4, -0.2) is 51.6 Å². The Morgan fingerprint density at radius 2 is 0.796 bits per heavy atom. The molecule has 0 aromatic heterocycles. The lowest BCUT2D eigenvalue weighted by Crippen LogP contribution is -2.42. The zero-order valence-electron chi connectivity index (χ0n) is 30.8. The van der Waals surface area contributed by atoms with E-state index in [9.17, 15) is 0 Å². The number of hydrogen-bond donors (Lipinski definition) is 2. The lowest BCUT2D eigenvalue weighted by atomic mass is 9.86. The monoisotopic (exact) mass is 718 g/mol. The van der Waals surface area contributed by atoms with Gasteiger partial charge in [0.1, 0.15) is 23.0 Å². The fourth-order valence-electron chi connectivity index (χ4n) is 7.27. The van der Waals surface area contributed by atoms with Gasteiger partial charge >= 0.3 is 0 Å². The summed E-state index contributed by atoms with van der Waals surface area (Å²) in [6.45, 7) is 5.12. The number of rotatable bonds is 12. The molecule has 2 N–H and O–H groups in total. The smallest absolute Gasteiger partial charge is 0.130 e. The molecule has 0 saturated carbocycles. The van der Waals surface area contributed by atoms with E-state index in [1.165, 1.54) is 22.3 Å². The Morgan fingerprint density at radius 3 is 1.17 bits per heavy atom. The fraction of sp³-hybridized carbons (Fsp3) is 0.250. The van der Waals surface area contributed by atoms with Crippen LogP contribution in [0, 0.1) is 0 Å². The Labute approximate surface area is 320 Å². The second-order valence-corrected chi connectivity index (χ2v) is 13.7. The summed E-state index contributed by atoms with van der Waals surface area (Å²) in [6, 6.07) is 57.8. The van der Waals surface area contributed by atoms with Crippen LogP contribution < -0.4 is 20.1 Å². The van der Waals surface area contributed by atoms with Crippen molar-refractivity contribution in [3.05, 3.63) is 192 Å². The van der Waals surface area contributed by atoms with Crippen molar-refractivity contribution in [3.8, 4) is 23.0 Å². The van der Waals surface area contributed by atoms with E-state index in [4.69, 9.17) is 18.9 Å². The highest BCUT2D eigenvalue weighted by molar-refractivity contribution is 5.41. The maximum absolute atomic E-state index is 6.18. The van der Waals surface area contributed by atoms with E-state index in [1.54, 1.807) is 0 Å². The average molecular weight is 719 g/mol. The molecule has 8 rings (SSSR count). The number of nitrogens with one attached hydrogen (secondary N) is 2. The molecule has 2 fully saturated rings. The minimum absolute atomic E-state index is 0.158. The summed E-state index contributed by atoms with van der Waals surface area (Å²) >= 11 is 0. The molecular formula is C48H50N2O4. The first kappa shape index (κ1) is 37.1. The molecule has 6 nitrogen and oxygen atoms in total. The highest BCUT2D eigenvalue weighted by atomic mass is 16.5. The van der Waals surface area contributed by atoms with Crippen LogP contribution in [0.2, 0.25) is 0 Å². The van der Waals surface area contributed by atoms with Crippen molar-refractivity contribution in [3.63, 3.8) is 0 Å². The van der Waals surface area contributed by atoms with Gasteiger partial charge in [0.2, 0.25) is 0 Å². The van der Waals surface area contributed by atoms with Crippen molar-refractivity contribution in [1.29, 1.82) is 0 Å². The van der Waals surface area contributed by atoms with Crippen molar-refractivity contribution in [2.45, 2.75) is 36.9 Å². The quantitative estimate of drug-likeness (QED) is 0.132. The van der Waals surface area contributed by atoms with Crippen LogP contribution in [0.4, 0.5) is 0 Å². The first-order valence-corrected chi connectivity index (χ1v) is 19.2. The lowest BCUT2D eigenvalue weighted by molar-refractivity contribution is 0.0109. The van der Waals surface area contributed by atoms with Crippen molar-refractivity contribution >= 4 is 0 Å². The first-order valence-electron chi connectivity index (χ1n) is 19.2. The van der Waals surface area contributed by atoms with E-state index in [-0.39, 0.29) is 24.0 Å². The predicted octanol–water partition coefficient (Wildman–Crippen LogP) is 9.59. The van der Waals surface area contributed by atoms with Gasteiger partial charge in [-0.3, -0.25) is 0 Å². The van der Waals surface area contributed by atoms with Crippen LogP contribution in [0.5, 0.6) is 23.0 Å². The second-order valence-electron chi connectivity index (χ2n) is 13.7. The van der Waals surface area contributed by atoms with Gasteiger partial charge in [-0.15, -0.1) is 0 Å². The van der Waals surface area contributed by atoms with E-state index in [0.29, 0.717) is 0 Å². The summed E-state index contributed by atoms with van der Waals surface area (Å²) < 4.78 is 24.6. The molecule has 2 aliphatic heterocycles. The summed E-state index contributed by atoms with van der Waals surface area (Å²) in [5.74, 6) is 4.09. The summed E-state index contributed by atoms with van der Waals surface area (Å²) in [4.78, 5) is 0. The highest BCUT2D eigenvalue weighted by Gasteiger charge is 2.28. The third-order valence-corrected chi connectivity index (χ3v) is 10.0. The van der Waals surface area contributed by atoms with Gasteiger partial charge in [-0.25, -0.2) is 0 Å². The molecule has 6 heteroatoms. The third kappa shape index (κ3) is 10.5. The Balaban J connectivity index is 0.000000167. The standard InChI is InChI=1S/2C24H25NO2/c2*1-3-9-19(10-4-1)22(24-18-25-15-16-26-24)17-20-11-7-8-14-23(20)27-21-12-5-2-6-13-21/h2*1-14,22,24-25H,15-18H2/t2*22-,24-/m10/s1. The van der Waals surface area contributed by atoms with Crippen LogP contribution in [0.25, 0.3) is 0 Å². The van der Waals surface area contributed by atoms with Crippen LogP contribution in [-0.2, 0) is 22.3 Å². The maximum Gasteiger partial charge on any atom is 0.130 e. The van der Waals surface area contributed by atoms with Crippen LogP contribution >= 0.6 is 0 Å². The van der Waals surface area contributed by atoms with Gasteiger partial charge in [0, 0.05) is 38.0 Å². The van der Waals surface area contributed by atoms with Gasteiger partial charge in [0.05, 0.1) is 25.4 Å². The number of morpholine rings is 2. The van der Waals surface area contributed by atoms with E-state index >= 15 is 0 Å². The molecule has 0 bridgehead atoms. The molecular weight excluding hydrogens is 669 g/mol. The molecule has 0 unspecified atom stereocenters. The molecule has 4 atom stereocenters. The molecule has 0 aliphatic carbocycles. The lowest BCUT2D eigenvalue weighted by Gasteiger charge is -2.32. The summed E-state index contributed by atoms with van der Waals surface area (Å²) in [5.41, 5.74) is 5.01. The van der Waals surface area contributed by atoms with E-state index in [0.717, 1.165) is 75.2 Å². The molecule has 2 heterocycles. The highest BCUT2D eigenvalue weighted by Crippen LogP contribution is 2.34. The van der Waals surface area contributed by atoms with Crippen LogP contribution in [0.1, 0.15) is 34.1 Å². The maximum atomic E-state index is 6.18. The van der Waals surface area contributed by atoms with E-state index < -0.39 is 0 Å². The molecule has 0 radical (unpaired) electrons. The van der Waals surface area contributed by atoms with E-state index in [1.807, 2.05) is 84.9 Å². The van der Waals surface area contributed by atoms with E-state index in [2.05, 4.69) is 95.6 Å².